The number of nitrogens with zero attached hydrogens (tertiary/aromatic N) is 6. The van der Waals surface area contributed by atoms with Gasteiger partial charge in [-0.15, -0.1) is 0 Å². The molecule has 3 rings (SSSR count). The highest BCUT2D eigenvalue weighted by Crippen LogP contribution is 2.26. The van der Waals surface area contributed by atoms with Gasteiger partial charge in [-0.25, -0.2) is 4.98 Å². The van der Waals surface area contributed by atoms with E-state index in [1.807, 2.05) is 0 Å². The second kappa shape index (κ2) is 5.95. The van der Waals surface area contributed by atoms with E-state index in [0.717, 1.165) is 12.6 Å². The third-order valence-corrected chi connectivity index (χ3v) is 3.87. The number of halogens is 1. The Bertz CT molecular complexity index is 597. The third kappa shape index (κ3) is 3.48. The molecule has 1 unspecified atom stereocenters. The van der Waals surface area contributed by atoms with Crippen LogP contribution in [0.4, 0.5) is 5.95 Å². The van der Waals surface area contributed by atoms with Crippen LogP contribution in [0.1, 0.15) is 19.8 Å². The van der Waals surface area contributed by atoms with Crippen LogP contribution in [0.3, 0.4) is 0 Å². The predicted octanol–water partition coefficient (Wildman–Crippen LogP) is 1.61. The fourth-order valence-corrected chi connectivity index (χ4v) is 2.29. The van der Waals surface area contributed by atoms with Gasteiger partial charge in [0, 0.05) is 31.0 Å². The number of nitrogens with one attached hydrogen (secondary N) is 1. The summed E-state index contributed by atoms with van der Waals surface area (Å²) in [6.07, 6.45) is 7.64. The van der Waals surface area contributed by atoms with Crippen LogP contribution in [-0.2, 0) is 0 Å². The maximum absolute atomic E-state index is 5.96. The average Bonchev–Trinajstić information content (AvgIpc) is 3.17. The first-order chi connectivity index (χ1) is 10.1. The number of anilines is 1. The van der Waals surface area contributed by atoms with Crippen molar-refractivity contribution in [3.63, 3.8) is 0 Å². The van der Waals surface area contributed by atoms with Crippen molar-refractivity contribution < 1.29 is 0 Å². The van der Waals surface area contributed by atoms with Crippen LogP contribution in [0.2, 0.25) is 5.28 Å². The molecule has 8 heteroatoms. The van der Waals surface area contributed by atoms with E-state index in [-0.39, 0.29) is 5.28 Å². The number of rotatable bonds is 6. The summed E-state index contributed by atoms with van der Waals surface area (Å²) in [6, 6.07) is 1.13. The Labute approximate surface area is 128 Å². The highest BCUT2D eigenvalue weighted by molar-refractivity contribution is 6.28. The minimum atomic E-state index is 0.166. The molecule has 0 saturated heterocycles. The molecule has 21 heavy (non-hydrogen) atoms. The van der Waals surface area contributed by atoms with Gasteiger partial charge in [0.05, 0.1) is 0 Å². The second-order valence-electron chi connectivity index (χ2n) is 5.32. The highest BCUT2D eigenvalue weighted by atomic mass is 35.5. The van der Waals surface area contributed by atoms with Crippen molar-refractivity contribution in [2.75, 3.05) is 18.9 Å². The first-order valence-corrected chi connectivity index (χ1v) is 7.37. The van der Waals surface area contributed by atoms with Gasteiger partial charge in [-0.2, -0.15) is 15.0 Å². The molecule has 0 amide bonds. The SMILES string of the molecule is CC(CNc1nc(Cl)nc(-n2ccnc2)n1)N(C)C1CC1. The maximum atomic E-state index is 5.96. The van der Waals surface area contributed by atoms with E-state index in [1.54, 1.807) is 23.3 Å². The molecule has 0 spiro atoms. The number of likely N-dealkylation sites (N-methyl/N-ethyl adjacent to an activating group) is 1. The van der Waals surface area contributed by atoms with Gasteiger partial charge >= 0.3 is 0 Å². The van der Waals surface area contributed by atoms with E-state index < -0.39 is 0 Å². The smallest absolute Gasteiger partial charge is 0.241 e. The van der Waals surface area contributed by atoms with E-state index in [2.05, 4.69) is 44.1 Å². The molecule has 1 atom stereocenters. The van der Waals surface area contributed by atoms with Crippen LogP contribution in [0.15, 0.2) is 18.7 Å². The van der Waals surface area contributed by atoms with Crippen molar-refractivity contribution >= 4 is 17.5 Å². The monoisotopic (exact) mass is 307 g/mol. The number of hydrogen-bond acceptors (Lipinski definition) is 6. The Morgan fingerprint density at radius 3 is 2.90 bits per heavy atom. The summed E-state index contributed by atoms with van der Waals surface area (Å²) in [5.41, 5.74) is 0. The molecular formula is C13H18ClN7. The summed E-state index contributed by atoms with van der Waals surface area (Å²) in [5, 5.41) is 3.40. The van der Waals surface area contributed by atoms with Crippen molar-refractivity contribution in [1.29, 1.82) is 0 Å². The largest absolute Gasteiger partial charge is 0.352 e. The van der Waals surface area contributed by atoms with Crippen LogP contribution in [-0.4, -0.2) is 55.1 Å². The maximum Gasteiger partial charge on any atom is 0.241 e. The molecule has 112 valence electrons. The summed E-state index contributed by atoms with van der Waals surface area (Å²) < 4.78 is 1.69. The number of hydrogen-bond donors (Lipinski definition) is 1. The van der Waals surface area contributed by atoms with Crippen molar-refractivity contribution in [3.8, 4) is 5.95 Å². The second-order valence-corrected chi connectivity index (χ2v) is 5.66. The molecule has 1 aliphatic carbocycles. The molecule has 0 radical (unpaired) electrons. The molecule has 7 nitrogen and oxygen atoms in total. The fourth-order valence-electron chi connectivity index (χ4n) is 2.14. The van der Waals surface area contributed by atoms with E-state index in [1.165, 1.54) is 12.8 Å². The summed E-state index contributed by atoms with van der Waals surface area (Å²) in [5.74, 6) is 0.938. The van der Waals surface area contributed by atoms with Gasteiger partial charge in [-0.3, -0.25) is 9.47 Å². The van der Waals surface area contributed by atoms with Gasteiger partial charge in [-0.05, 0) is 38.4 Å². The summed E-state index contributed by atoms with van der Waals surface area (Å²) in [4.78, 5) is 18.9. The fraction of sp³-hybridized carbons (Fsp3) is 0.538. The quantitative estimate of drug-likeness (QED) is 0.874. The first kappa shape index (κ1) is 14.2. The van der Waals surface area contributed by atoms with Crippen LogP contribution < -0.4 is 5.32 Å². The summed E-state index contributed by atoms with van der Waals surface area (Å²) in [6.45, 7) is 2.95. The zero-order valence-corrected chi connectivity index (χ0v) is 12.8. The molecule has 1 N–H and O–H groups in total. The molecule has 1 fully saturated rings. The Hall–Kier alpha value is -1.73. The van der Waals surface area contributed by atoms with Crippen molar-refractivity contribution in [2.24, 2.45) is 0 Å². The average molecular weight is 308 g/mol. The van der Waals surface area contributed by atoms with Crippen LogP contribution in [0.5, 0.6) is 0 Å². The number of imidazole rings is 1. The predicted molar refractivity (Wildman–Crippen MR) is 80.7 cm³/mol. The lowest BCUT2D eigenvalue weighted by Gasteiger charge is -2.24. The lowest BCUT2D eigenvalue weighted by Crippen LogP contribution is -2.36. The summed E-state index contributed by atoms with van der Waals surface area (Å²) >= 11 is 5.96. The van der Waals surface area contributed by atoms with Gasteiger partial charge in [0.2, 0.25) is 17.2 Å². The van der Waals surface area contributed by atoms with Crippen molar-refractivity contribution in [3.05, 3.63) is 24.0 Å². The van der Waals surface area contributed by atoms with E-state index in [9.17, 15) is 0 Å². The molecule has 2 aromatic heterocycles. The Balaban J connectivity index is 1.67. The third-order valence-electron chi connectivity index (χ3n) is 3.71. The van der Waals surface area contributed by atoms with Crippen LogP contribution in [0.25, 0.3) is 5.95 Å². The molecule has 1 aliphatic rings. The Morgan fingerprint density at radius 1 is 1.43 bits per heavy atom. The van der Waals surface area contributed by atoms with E-state index in [4.69, 9.17) is 11.6 Å². The van der Waals surface area contributed by atoms with E-state index >= 15 is 0 Å². The number of aromatic nitrogens is 5. The van der Waals surface area contributed by atoms with Gasteiger partial charge in [-0.1, -0.05) is 0 Å². The first-order valence-electron chi connectivity index (χ1n) is 6.99. The van der Waals surface area contributed by atoms with Gasteiger partial charge < -0.3 is 5.32 Å². The lowest BCUT2D eigenvalue weighted by molar-refractivity contribution is 0.257. The standard InChI is InChI=1S/C13H18ClN7/c1-9(20(2)10-3-4-10)7-16-12-17-11(14)18-13(19-12)21-6-5-15-8-21/h5-6,8-10H,3-4,7H2,1-2H3,(H,16,17,18,19). The van der Waals surface area contributed by atoms with Gasteiger partial charge in [0.15, 0.2) is 0 Å². The topological polar surface area (TPSA) is 71.8 Å². The van der Waals surface area contributed by atoms with Gasteiger partial charge in [0.1, 0.15) is 6.33 Å². The Morgan fingerprint density at radius 2 is 2.24 bits per heavy atom. The summed E-state index contributed by atoms with van der Waals surface area (Å²) in [7, 11) is 2.15. The highest BCUT2D eigenvalue weighted by Gasteiger charge is 2.28. The molecule has 0 bridgehead atoms. The van der Waals surface area contributed by atoms with Crippen LogP contribution >= 0.6 is 11.6 Å². The normalized spacial score (nSPS) is 16.2. The van der Waals surface area contributed by atoms with Crippen molar-refractivity contribution in [2.45, 2.75) is 31.8 Å². The molecule has 0 aliphatic heterocycles. The molecule has 1 saturated carbocycles. The van der Waals surface area contributed by atoms with Crippen LogP contribution in [0, 0.1) is 0 Å². The molecular weight excluding hydrogens is 290 g/mol. The van der Waals surface area contributed by atoms with Gasteiger partial charge in [0.25, 0.3) is 0 Å². The lowest BCUT2D eigenvalue weighted by atomic mass is 10.3. The zero-order chi connectivity index (χ0) is 14.8. The zero-order valence-electron chi connectivity index (χ0n) is 12.1. The molecule has 2 heterocycles. The molecule has 0 aromatic carbocycles. The minimum Gasteiger partial charge on any atom is -0.352 e. The van der Waals surface area contributed by atoms with E-state index in [0.29, 0.717) is 17.9 Å². The van der Waals surface area contributed by atoms with Crippen molar-refractivity contribution in [1.82, 2.24) is 29.4 Å². The Kier molecular flexibility index (Phi) is 4.03. The molecule has 2 aromatic rings. The minimum absolute atomic E-state index is 0.166.